The lowest BCUT2D eigenvalue weighted by atomic mass is 9.97. The molecule has 5 rings (SSSR count). The zero-order valence-corrected chi connectivity index (χ0v) is 22.4. The van der Waals surface area contributed by atoms with Crippen LogP contribution in [0.1, 0.15) is 27.9 Å². The van der Waals surface area contributed by atoms with E-state index in [4.69, 9.17) is 14.6 Å². The van der Waals surface area contributed by atoms with Crippen LogP contribution in [0.3, 0.4) is 0 Å². The van der Waals surface area contributed by atoms with Crippen molar-refractivity contribution < 1.29 is 13.9 Å². The van der Waals surface area contributed by atoms with Crippen molar-refractivity contribution in [2.45, 2.75) is 20.1 Å². The van der Waals surface area contributed by atoms with E-state index in [0.29, 0.717) is 40.5 Å². The number of aromatic nitrogens is 2. The predicted molar refractivity (Wildman–Crippen MR) is 157 cm³/mol. The minimum absolute atomic E-state index is 0.268. The fourth-order valence-electron chi connectivity index (χ4n) is 4.59. The quantitative estimate of drug-likeness (QED) is 0.202. The Morgan fingerprint density at radius 1 is 0.850 bits per heavy atom. The number of para-hydroxylation sites is 1. The third-order valence-corrected chi connectivity index (χ3v) is 6.52. The van der Waals surface area contributed by atoms with Crippen molar-refractivity contribution in [3.63, 3.8) is 0 Å². The summed E-state index contributed by atoms with van der Waals surface area (Å²) in [7, 11) is 1.61. The number of hydrogen-bond donors (Lipinski definition) is 0. The Balaban J connectivity index is 1.61. The molecule has 0 amide bonds. The van der Waals surface area contributed by atoms with Gasteiger partial charge in [-0.3, -0.25) is 4.79 Å². The highest BCUT2D eigenvalue weighted by atomic mass is 19.1. The summed E-state index contributed by atoms with van der Waals surface area (Å²) in [6.07, 6.45) is 3.48. The molecule has 0 aliphatic carbocycles. The molecule has 0 bridgehead atoms. The van der Waals surface area contributed by atoms with Crippen molar-refractivity contribution in [3.8, 4) is 22.6 Å². The van der Waals surface area contributed by atoms with Crippen molar-refractivity contribution in [1.29, 1.82) is 0 Å². The number of rotatable bonds is 9. The average molecular weight is 533 g/mol. The van der Waals surface area contributed by atoms with Crippen LogP contribution in [0.15, 0.2) is 108 Å². The van der Waals surface area contributed by atoms with Crippen molar-refractivity contribution in [2.75, 3.05) is 7.11 Å². The highest BCUT2D eigenvalue weighted by molar-refractivity contribution is 5.84. The summed E-state index contributed by atoms with van der Waals surface area (Å²) in [5.41, 5.74) is 4.82. The largest absolute Gasteiger partial charge is 0.497 e. The van der Waals surface area contributed by atoms with Gasteiger partial charge in [0.2, 0.25) is 0 Å². The minimum Gasteiger partial charge on any atom is -0.497 e. The van der Waals surface area contributed by atoms with E-state index in [1.165, 1.54) is 16.8 Å². The second-order valence-electron chi connectivity index (χ2n) is 9.35. The number of ether oxygens (including phenoxy) is 2. The number of hydrogen-bond acceptors (Lipinski definition) is 4. The standard InChI is InChI=1S/C34H29FN2O3/c1-24-33(30-16-6-7-17-32(30)40-23-26-10-4-3-5-11-26)31(19-18-25-12-8-14-28(35)20-25)34(38)37(36-24)22-27-13-9-15-29(21-27)39-2/h3-21H,22-23H2,1-2H3/b19-18+. The summed E-state index contributed by atoms with van der Waals surface area (Å²) in [6.45, 7) is 2.53. The van der Waals surface area contributed by atoms with E-state index < -0.39 is 0 Å². The molecule has 0 aliphatic heterocycles. The van der Waals surface area contributed by atoms with E-state index in [1.54, 1.807) is 31.4 Å². The first-order valence-corrected chi connectivity index (χ1v) is 13.0. The summed E-state index contributed by atoms with van der Waals surface area (Å²) in [5.74, 6) is 1.000. The van der Waals surface area contributed by atoms with Gasteiger partial charge in [0, 0.05) is 11.1 Å². The van der Waals surface area contributed by atoms with Gasteiger partial charge >= 0.3 is 0 Å². The van der Waals surface area contributed by atoms with Gasteiger partial charge in [-0.15, -0.1) is 0 Å². The van der Waals surface area contributed by atoms with Gasteiger partial charge in [0.05, 0.1) is 24.9 Å². The molecule has 0 aliphatic rings. The van der Waals surface area contributed by atoms with Gasteiger partial charge in [-0.1, -0.05) is 78.9 Å². The van der Waals surface area contributed by atoms with Gasteiger partial charge < -0.3 is 9.47 Å². The molecule has 1 aromatic heterocycles. The van der Waals surface area contributed by atoms with E-state index in [2.05, 4.69) is 0 Å². The normalized spacial score (nSPS) is 11.1. The molecule has 5 nitrogen and oxygen atoms in total. The molecule has 0 fully saturated rings. The van der Waals surface area contributed by atoms with Gasteiger partial charge in [-0.25, -0.2) is 9.07 Å². The number of aryl methyl sites for hydroxylation is 1. The van der Waals surface area contributed by atoms with Gasteiger partial charge in [0.1, 0.15) is 23.9 Å². The molecule has 6 heteroatoms. The van der Waals surface area contributed by atoms with Gasteiger partial charge in [-0.2, -0.15) is 5.10 Å². The van der Waals surface area contributed by atoms with E-state index >= 15 is 0 Å². The van der Waals surface area contributed by atoms with E-state index in [-0.39, 0.29) is 17.9 Å². The second kappa shape index (κ2) is 12.3. The smallest absolute Gasteiger partial charge is 0.274 e. The molecule has 0 saturated carbocycles. The highest BCUT2D eigenvalue weighted by Crippen LogP contribution is 2.34. The van der Waals surface area contributed by atoms with E-state index in [0.717, 1.165) is 16.7 Å². The van der Waals surface area contributed by atoms with Gasteiger partial charge in [0.15, 0.2) is 0 Å². The van der Waals surface area contributed by atoms with Crippen LogP contribution in [0.5, 0.6) is 11.5 Å². The van der Waals surface area contributed by atoms with Crippen LogP contribution in [0.25, 0.3) is 23.3 Å². The Hall–Kier alpha value is -4.97. The van der Waals surface area contributed by atoms with Crippen LogP contribution in [-0.4, -0.2) is 16.9 Å². The topological polar surface area (TPSA) is 53.4 Å². The summed E-state index contributed by atoms with van der Waals surface area (Å²) in [4.78, 5) is 14.0. The molecule has 1 heterocycles. The van der Waals surface area contributed by atoms with Crippen LogP contribution < -0.4 is 15.0 Å². The van der Waals surface area contributed by atoms with Crippen molar-refractivity contribution >= 4 is 12.2 Å². The molecule has 5 aromatic rings. The number of nitrogens with zero attached hydrogens (tertiary/aromatic N) is 2. The Morgan fingerprint density at radius 2 is 1.60 bits per heavy atom. The molecule has 4 aromatic carbocycles. The summed E-state index contributed by atoms with van der Waals surface area (Å²) < 4.78 is 26.9. The molecular weight excluding hydrogens is 503 g/mol. The fourth-order valence-corrected chi connectivity index (χ4v) is 4.59. The summed E-state index contributed by atoms with van der Waals surface area (Å²) >= 11 is 0. The third-order valence-electron chi connectivity index (χ3n) is 6.52. The molecule has 0 spiro atoms. The molecule has 200 valence electrons. The highest BCUT2D eigenvalue weighted by Gasteiger charge is 2.19. The first kappa shape index (κ1) is 26.6. The van der Waals surface area contributed by atoms with Crippen LogP contribution in [0, 0.1) is 12.7 Å². The van der Waals surface area contributed by atoms with Crippen LogP contribution in [0.4, 0.5) is 4.39 Å². The van der Waals surface area contributed by atoms with Gasteiger partial charge in [0.25, 0.3) is 5.56 Å². The SMILES string of the molecule is COc1cccc(Cn2nc(C)c(-c3ccccc3OCc3ccccc3)c(/C=C/c3cccc(F)c3)c2=O)c1. The summed E-state index contributed by atoms with van der Waals surface area (Å²) in [6, 6.07) is 31.3. The molecule has 0 unspecified atom stereocenters. The molecule has 0 atom stereocenters. The lowest BCUT2D eigenvalue weighted by Crippen LogP contribution is -2.27. The molecule has 0 N–H and O–H groups in total. The lowest BCUT2D eigenvalue weighted by Gasteiger charge is -2.17. The monoisotopic (exact) mass is 532 g/mol. The van der Waals surface area contributed by atoms with E-state index in [1.807, 2.05) is 85.8 Å². The molecule has 40 heavy (non-hydrogen) atoms. The minimum atomic E-state index is -0.344. The zero-order chi connectivity index (χ0) is 27.9. The summed E-state index contributed by atoms with van der Waals surface area (Å²) in [5, 5.41) is 4.70. The lowest BCUT2D eigenvalue weighted by molar-refractivity contribution is 0.307. The average Bonchev–Trinajstić information content (AvgIpc) is 2.98. The fraction of sp³-hybridized carbons (Fsp3) is 0.118. The van der Waals surface area contributed by atoms with Crippen molar-refractivity contribution in [1.82, 2.24) is 9.78 Å². The number of methoxy groups -OCH3 is 1. The number of halogens is 1. The second-order valence-corrected chi connectivity index (χ2v) is 9.35. The molecule has 0 saturated heterocycles. The zero-order valence-electron chi connectivity index (χ0n) is 22.4. The van der Waals surface area contributed by atoms with Crippen molar-refractivity contribution in [3.05, 3.63) is 147 Å². The maximum absolute atomic E-state index is 14.0. The van der Waals surface area contributed by atoms with Crippen LogP contribution in [-0.2, 0) is 13.2 Å². The maximum Gasteiger partial charge on any atom is 0.274 e. The maximum atomic E-state index is 14.0. The number of benzene rings is 4. The van der Waals surface area contributed by atoms with Crippen LogP contribution >= 0.6 is 0 Å². The third kappa shape index (κ3) is 6.18. The first-order chi connectivity index (χ1) is 19.5. The Kier molecular flexibility index (Phi) is 8.16. The first-order valence-electron chi connectivity index (χ1n) is 13.0. The van der Waals surface area contributed by atoms with Crippen molar-refractivity contribution in [2.24, 2.45) is 0 Å². The molecular formula is C34H29FN2O3. The Labute approximate surface area is 232 Å². The molecule has 0 radical (unpaired) electrons. The van der Waals surface area contributed by atoms with Gasteiger partial charge in [-0.05, 0) is 60.0 Å². The van der Waals surface area contributed by atoms with Crippen LogP contribution in [0.2, 0.25) is 0 Å². The predicted octanol–water partition coefficient (Wildman–Crippen LogP) is 7.16. The Morgan fingerprint density at radius 3 is 2.40 bits per heavy atom. The van der Waals surface area contributed by atoms with E-state index in [9.17, 15) is 9.18 Å². The Bertz CT molecular complexity index is 1710.